The van der Waals surface area contributed by atoms with Crippen LogP contribution in [0.5, 0.6) is 0 Å². The number of nitrogens with one attached hydrogen (secondary N) is 2. The maximum Gasteiger partial charge on any atom is 0.241 e. The van der Waals surface area contributed by atoms with Crippen molar-refractivity contribution in [3.05, 3.63) is 23.8 Å². The van der Waals surface area contributed by atoms with Crippen LogP contribution in [-0.4, -0.2) is 27.4 Å². The van der Waals surface area contributed by atoms with Crippen molar-refractivity contribution in [3.8, 4) is 0 Å². The van der Waals surface area contributed by atoms with E-state index >= 15 is 0 Å². The first-order chi connectivity index (χ1) is 9.31. The van der Waals surface area contributed by atoms with Crippen LogP contribution in [0, 0.1) is 6.92 Å². The first-order valence-corrected chi connectivity index (χ1v) is 7.90. The number of sulfonamides is 1. The fourth-order valence-electron chi connectivity index (χ4n) is 1.69. The van der Waals surface area contributed by atoms with Gasteiger partial charge in [0.25, 0.3) is 0 Å². The number of aryl methyl sites for hydroxylation is 1. The summed E-state index contributed by atoms with van der Waals surface area (Å²) in [4.78, 5) is 12.0. The Labute approximate surface area is 119 Å². The maximum atomic E-state index is 11.9. The van der Waals surface area contributed by atoms with Crippen LogP contribution in [0.1, 0.15) is 25.3 Å². The SMILES string of the molecule is CCC[C@H](N)C(=O)Nc1cc(S(=O)(=O)NC)ccc1C. The summed E-state index contributed by atoms with van der Waals surface area (Å²) in [5, 5.41) is 2.68. The van der Waals surface area contributed by atoms with Gasteiger partial charge < -0.3 is 11.1 Å². The van der Waals surface area contributed by atoms with E-state index < -0.39 is 16.1 Å². The molecule has 7 heteroatoms. The topological polar surface area (TPSA) is 101 Å². The van der Waals surface area contributed by atoms with Gasteiger partial charge >= 0.3 is 0 Å². The van der Waals surface area contributed by atoms with Crippen molar-refractivity contribution in [3.63, 3.8) is 0 Å². The second kappa shape index (κ2) is 6.83. The normalized spacial score (nSPS) is 13.0. The molecule has 0 heterocycles. The van der Waals surface area contributed by atoms with E-state index in [0.717, 1.165) is 12.0 Å². The maximum absolute atomic E-state index is 11.9. The van der Waals surface area contributed by atoms with Crippen LogP contribution in [0.4, 0.5) is 5.69 Å². The van der Waals surface area contributed by atoms with E-state index in [1.165, 1.54) is 19.2 Å². The van der Waals surface area contributed by atoms with Gasteiger partial charge in [0.1, 0.15) is 0 Å². The Bertz CT molecular complexity index is 585. The molecule has 1 rings (SSSR count). The third-order valence-electron chi connectivity index (χ3n) is 2.98. The van der Waals surface area contributed by atoms with E-state index in [1.54, 1.807) is 13.0 Å². The monoisotopic (exact) mass is 299 g/mol. The van der Waals surface area contributed by atoms with Crippen LogP contribution in [0.15, 0.2) is 23.1 Å². The summed E-state index contributed by atoms with van der Waals surface area (Å²) in [5.41, 5.74) is 6.96. The zero-order valence-electron chi connectivity index (χ0n) is 11.9. The molecule has 112 valence electrons. The molecule has 0 aliphatic rings. The Morgan fingerprint density at radius 2 is 2.05 bits per heavy atom. The van der Waals surface area contributed by atoms with Gasteiger partial charge in [-0.15, -0.1) is 0 Å². The minimum atomic E-state index is -3.54. The molecule has 6 nitrogen and oxygen atoms in total. The van der Waals surface area contributed by atoms with Crippen molar-refractivity contribution in [1.29, 1.82) is 0 Å². The summed E-state index contributed by atoms with van der Waals surface area (Å²) < 4.78 is 25.7. The highest BCUT2D eigenvalue weighted by molar-refractivity contribution is 7.89. The first-order valence-electron chi connectivity index (χ1n) is 6.42. The minimum Gasteiger partial charge on any atom is -0.324 e. The fraction of sp³-hybridized carbons (Fsp3) is 0.462. The molecule has 1 aromatic rings. The number of rotatable bonds is 6. The zero-order valence-corrected chi connectivity index (χ0v) is 12.8. The van der Waals surface area contributed by atoms with Gasteiger partial charge in [-0.2, -0.15) is 0 Å². The summed E-state index contributed by atoms with van der Waals surface area (Å²) in [6.07, 6.45) is 1.39. The molecule has 1 aromatic carbocycles. The van der Waals surface area contributed by atoms with Crippen LogP contribution in [0.25, 0.3) is 0 Å². The minimum absolute atomic E-state index is 0.102. The molecule has 0 bridgehead atoms. The highest BCUT2D eigenvalue weighted by atomic mass is 32.2. The Hall–Kier alpha value is -1.44. The summed E-state index contributed by atoms with van der Waals surface area (Å²) in [6.45, 7) is 3.73. The van der Waals surface area contributed by atoms with Crippen LogP contribution >= 0.6 is 0 Å². The third kappa shape index (κ3) is 4.03. The average molecular weight is 299 g/mol. The van der Waals surface area contributed by atoms with E-state index in [2.05, 4.69) is 10.0 Å². The quantitative estimate of drug-likeness (QED) is 0.728. The zero-order chi connectivity index (χ0) is 15.3. The lowest BCUT2D eigenvalue weighted by molar-refractivity contribution is -0.117. The van der Waals surface area contributed by atoms with Crippen LogP contribution in [0.2, 0.25) is 0 Å². The average Bonchev–Trinajstić information content (AvgIpc) is 2.41. The Balaban J connectivity index is 3.01. The van der Waals surface area contributed by atoms with E-state index in [-0.39, 0.29) is 10.8 Å². The second-order valence-electron chi connectivity index (χ2n) is 4.57. The first kappa shape index (κ1) is 16.6. The smallest absolute Gasteiger partial charge is 0.241 e. The van der Waals surface area contributed by atoms with Gasteiger partial charge in [-0.1, -0.05) is 19.4 Å². The van der Waals surface area contributed by atoms with Crippen molar-refractivity contribution in [2.75, 3.05) is 12.4 Å². The second-order valence-corrected chi connectivity index (χ2v) is 6.46. The molecule has 0 unspecified atom stereocenters. The van der Waals surface area contributed by atoms with Gasteiger partial charge in [0, 0.05) is 5.69 Å². The molecule has 0 aliphatic carbocycles. The molecule has 20 heavy (non-hydrogen) atoms. The largest absolute Gasteiger partial charge is 0.324 e. The van der Waals surface area contributed by atoms with E-state index in [0.29, 0.717) is 12.1 Å². The van der Waals surface area contributed by atoms with Crippen molar-refractivity contribution < 1.29 is 13.2 Å². The summed E-state index contributed by atoms with van der Waals surface area (Å²) in [7, 11) is -2.20. The summed E-state index contributed by atoms with van der Waals surface area (Å²) >= 11 is 0. The standard InChI is InChI=1S/C13H21N3O3S/c1-4-5-11(14)13(17)16-12-8-10(7-6-9(12)2)20(18,19)15-3/h6-8,11,15H,4-5,14H2,1-3H3,(H,16,17)/t11-/m0/s1. The van der Waals surface area contributed by atoms with Crippen LogP contribution in [0.3, 0.4) is 0 Å². The lowest BCUT2D eigenvalue weighted by atomic mass is 10.1. The van der Waals surface area contributed by atoms with Gasteiger partial charge in [-0.3, -0.25) is 4.79 Å². The molecule has 0 radical (unpaired) electrons. The Morgan fingerprint density at radius 3 is 2.60 bits per heavy atom. The molecule has 1 atom stereocenters. The molecule has 0 spiro atoms. The van der Waals surface area contributed by atoms with Crippen molar-refractivity contribution >= 4 is 21.6 Å². The van der Waals surface area contributed by atoms with Gasteiger partial charge in [-0.05, 0) is 38.1 Å². The number of carbonyl (C=O) groups excluding carboxylic acids is 1. The van der Waals surface area contributed by atoms with Crippen LogP contribution < -0.4 is 15.8 Å². The molecule has 0 fully saturated rings. The predicted molar refractivity (Wildman–Crippen MR) is 78.9 cm³/mol. The number of hydrogen-bond acceptors (Lipinski definition) is 4. The molecule has 0 aliphatic heterocycles. The van der Waals surface area contributed by atoms with Gasteiger partial charge in [0.15, 0.2) is 0 Å². The lowest BCUT2D eigenvalue weighted by Gasteiger charge is -2.14. The molecule has 0 saturated heterocycles. The fourth-order valence-corrected chi connectivity index (χ4v) is 2.44. The molecule has 4 N–H and O–H groups in total. The number of carbonyl (C=O) groups is 1. The van der Waals surface area contributed by atoms with E-state index in [1.807, 2.05) is 6.92 Å². The summed E-state index contributed by atoms with van der Waals surface area (Å²) in [5.74, 6) is -0.311. The summed E-state index contributed by atoms with van der Waals surface area (Å²) in [6, 6.07) is 3.97. The number of anilines is 1. The number of nitrogens with two attached hydrogens (primary N) is 1. The van der Waals surface area contributed by atoms with Gasteiger partial charge in [0.05, 0.1) is 10.9 Å². The third-order valence-corrected chi connectivity index (χ3v) is 4.39. The number of benzene rings is 1. The number of amides is 1. The van der Waals surface area contributed by atoms with Crippen molar-refractivity contribution in [1.82, 2.24) is 4.72 Å². The molecular weight excluding hydrogens is 278 g/mol. The molecule has 0 aromatic heterocycles. The Morgan fingerprint density at radius 1 is 1.40 bits per heavy atom. The highest BCUT2D eigenvalue weighted by Gasteiger charge is 2.16. The van der Waals surface area contributed by atoms with Crippen molar-refractivity contribution in [2.24, 2.45) is 5.73 Å². The lowest BCUT2D eigenvalue weighted by Crippen LogP contribution is -2.35. The molecule has 1 amide bonds. The Kier molecular flexibility index (Phi) is 5.67. The van der Waals surface area contributed by atoms with Crippen molar-refractivity contribution in [2.45, 2.75) is 37.6 Å². The van der Waals surface area contributed by atoms with E-state index in [4.69, 9.17) is 5.73 Å². The molecule has 0 saturated carbocycles. The predicted octanol–water partition coefficient (Wildman–Crippen LogP) is 0.969. The number of hydrogen-bond donors (Lipinski definition) is 3. The van der Waals surface area contributed by atoms with Gasteiger partial charge in [0.2, 0.25) is 15.9 Å². The van der Waals surface area contributed by atoms with Crippen LogP contribution in [-0.2, 0) is 14.8 Å². The molecular formula is C13H21N3O3S. The highest BCUT2D eigenvalue weighted by Crippen LogP contribution is 2.20. The van der Waals surface area contributed by atoms with E-state index in [9.17, 15) is 13.2 Å². The van der Waals surface area contributed by atoms with Gasteiger partial charge in [-0.25, -0.2) is 13.1 Å².